The standard InChI is InChI=1S/C34H32O6/c1-21-9-5-6-10-27(21)30-29-12-8-7-11-28(29)22(2)31(39-33(35)23-13-17-25(37-3)18-14-23)32(30)40-34(36)24-15-19-26(38-4)20-16-24/h5-20,29-32H,1-4H3/t29?,30-,31?,32?/m0/s1. The number of carbonyl (C=O) groups excluding carboxylic acids is 2. The minimum Gasteiger partial charge on any atom is -0.497 e. The van der Waals surface area contributed by atoms with Crippen LogP contribution < -0.4 is 9.47 Å². The van der Waals surface area contributed by atoms with Gasteiger partial charge in [-0.25, -0.2) is 9.59 Å². The van der Waals surface area contributed by atoms with E-state index in [-0.39, 0.29) is 11.8 Å². The Balaban J connectivity index is 1.58. The summed E-state index contributed by atoms with van der Waals surface area (Å²) in [6, 6.07) is 21.6. The molecule has 0 radical (unpaired) electrons. The lowest BCUT2D eigenvalue weighted by Crippen LogP contribution is -2.47. The van der Waals surface area contributed by atoms with Gasteiger partial charge in [0.05, 0.1) is 25.3 Å². The highest BCUT2D eigenvalue weighted by atomic mass is 16.6. The van der Waals surface area contributed by atoms with Crippen molar-refractivity contribution in [3.63, 3.8) is 0 Å². The van der Waals surface area contributed by atoms with Gasteiger partial charge in [-0.3, -0.25) is 0 Å². The van der Waals surface area contributed by atoms with Crippen molar-refractivity contribution in [3.8, 4) is 11.5 Å². The van der Waals surface area contributed by atoms with Gasteiger partial charge in [0, 0.05) is 11.8 Å². The molecule has 0 amide bonds. The minimum absolute atomic E-state index is 0.0595. The monoisotopic (exact) mass is 536 g/mol. The molecule has 0 saturated heterocycles. The van der Waals surface area contributed by atoms with Gasteiger partial charge in [0.15, 0.2) is 12.2 Å². The van der Waals surface area contributed by atoms with E-state index in [0.29, 0.717) is 22.6 Å². The van der Waals surface area contributed by atoms with E-state index in [1.54, 1.807) is 62.8 Å². The number of carbonyl (C=O) groups is 2. The molecule has 4 atom stereocenters. The van der Waals surface area contributed by atoms with Gasteiger partial charge < -0.3 is 18.9 Å². The highest BCUT2D eigenvalue weighted by molar-refractivity contribution is 5.91. The summed E-state index contributed by atoms with van der Waals surface area (Å²) in [7, 11) is 3.14. The fourth-order valence-corrected chi connectivity index (χ4v) is 5.52. The molecule has 0 heterocycles. The molecule has 5 rings (SSSR count). The van der Waals surface area contributed by atoms with Gasteiger partial charge in [0.25, 0.3) is 0 Å². The summed E-state index contributed by atoms with van der Waals surface area (Å²) in [5, 5.41) is 0. The number of esters is 2. The first kappa shape index (κ1) is 27.0. The topological polar surface area (TPSA) is 71.1 Å². The average molecular weight is 537 g/mol. The van der Waals surface area contributed by atoms with E-state index in [1.165, 1.54) is 0 Å². The van der Waals surface area contributed by atoms with Crippen molar-refractivity contribution in [3.05, 3.63) is 131 Å². The van der Waals surface area contributed by atoms with Crippen LogP contribution in [0.4, 0.5) is 0 Å². The van der Waals surface area contributed by atoms with Crippen LogP contribution >= 0.6 is 0 Å². The first-order valence-corrected chi connectivity index (χ1v) is 13.2. The van der Waals surface area contributed by atoms with Gasteiger partial charge >= 0.3 is 11.9 Å². The van der Waals surface area contributed by atoms with Crippen LogP contribution in [0.1, 0.15) is 44.7 Å². The average Bonchev–Trinajstić information content (AvgIpc) is 3.00. The van der Waals surface area contributed by atoms with Gasteiger partial charge in [-0.2, -0.15) is 0 Å². The molecule has 3 aromatic rings. The molecular weight excluding hydrogens is 504 g/mol. The molecule has 0 N–H and O–H groups in total. The number of rotatable bonds is 7. The third kappa shape index (κ3) is 5.30. The Bertz CT molecular complexity index is 1480. The molecule has 3 aromatic carbocycles. The fraction of sp³-hybridized carbons (Fsp3) is 0.235. The van der Waals surface area contributed by atoms with E-state index in [1.807, 2.05) is 44.2 Å². The molecule has 2 aliphatic carbocycles. The van der Waals surface area contributed by atoms with Crippen LogP contribution in [0.2, 0.25) is 0 Å². The molecule has 0 spiro atoms. The molecule has 6 nitrogen and oxygen atoms in total. The first-order chi connectivity index (χ1) is 19.4. The normalized spacial score (nSPS) is 21.4. The number of hydrogen-bond acceptors (Lipinski definition) is 6. The van der Waals surface area contributed by atoms with Crippen LogP contribution in [0.25, 0.3) is 0 Å². The van der Waals surface area contributed by atoms with E-state index in [4.69, 9.17) is 18.9 Å². The van der Waals surface area contributed by atoms with Crippen molar-refractivity contribution in [2.24, 2.45) is 5.92 Å². The van der Waals surface area contributed by atoms with Crippen LogP contribution in [0, 0.1) is 12.8 Å². The Labute approximate surface area is 234 Å². The number of allylic oxidation sites excluding steroid dienone is 5. The lowest BCUT2D eigenvalue weighted by molar-refractivity contribution is -0.0412. The maximum atomic E-state index is 13.5. The molecule has 0 saturated carbocycles. The third-order valence-electron chi connectivity index (χ3n) is 7.66. The van der Waals surface area contributed by atoms with Crippen LogP contribution in [0.5, 0.6) is 11.5 Å². The number of hydrogen-bond donors (Lipinski definition) is 0. The molecule has 2 aliphatic rings. The second kappa shape index (κ2) is 11.7. The Morgan fingerprint density at radius 3 is 1.85 bits per heavy atom. The predicted molar refractivity (Wildman–Crippen MR) is 153 cm³/mol. The number of benzene rings is 3. The summed E-state index contributed by atoms with van der Waals surface area (Å²) >= 11 is 0. The van der Waals surface area contributed by atoms with Crippen molar-refractivity contribution in [2.45, 2.75) is 32.0 Å². The van der Waals surface area contributed by atoms with E-state index in [0.717, 1.165) is 22.3 Å². The van der Waals surface area contributed by atoms with Gasteiger partial charge in [0.1, 0.15) is 11.5 Å². The molecule has 6 heteroatoms. The van der Waals surface area contributed by atoms with E-state index in [2.05, 4.69) is 18.2 Å². The highest BCUT2D eigenvalue weighted by Gasteiger charge is 2.47. The largest absolute Gasteiger partial charge is 0.497 e. The van der Waals surface area contributed by atoms with Crippen LogP contribution in [0.3, 0.4) is 0 Å². The van der Waals surface area contributed by atoms with Gasteiger partial charge in [-0.15, -0.1) is 0 Å². The summed E-state index contributed by atoms with van der Waals surface area (Å²) in [6.45, 7) is 3.99. The van der Waals surface area contributed by atoms with Crippen LogP contribution in [0.15, 0.2) is 108 Å². The van der Waals surface area contributed by atoms with Crippen molar-refractivity contribution in [2.75, 3.05) is 14.2 Å². The maximum Gasteiger partial charge on any atom is 0.338 e. The zero-order chi connectivity index (χ0) is 28.2. The van der Waals surface area contributed by atoms with Gasteiger partial charge in [0.2, 0.25) is 0 Å². The number of fused-ring (bicyclic) bond motifs is 1. The smallest absolute Gasteiger partial charge is 0.338 e. The fourth-order valence-electron chi connectivity index (χ4n) is 5.52. The molecule has 0 aliphatic heterocycles. The first-order valence-electron chi connectivity index (χ1n) is 13.2. The lowest BCUT2D eigenvalue weighted by atomic mass is 9.67. The van der Waals surface area contributed by atoms with Crippen LogP contribution in [-0.2, 0) is 9.47 Å². The van der Waals surface area contributed by atoms with E-state index >= 15 is 0 Å². The molecule has 204 valence electrons. The summed E-state index contributed by atoms with van der Waals surface area (Å²) in [5.74, 6) is -0.0624. The molecule has 0 bridgehead atoms. The van der Waals surface area contributed by atoms with E-state index < -0.39 is 24.1 Å². The van der Waals surface area contributed by atoms with Gasteiger partial charge in [-0.05, 0) is 84.7 Å². The number of aryl methyl sites for hydroxylation is 1. The lowest BCUT2D eigenvalue weighted by Gasteiger charge is -2.43. The second-order valence-corrected chi connectivity index (χ2v) is 9.94. The summed E-state index contributed by atoms with van der Waals surface area (Å²) in [6.07, 6.45) is 6.61. The molecular formula is C34H32O6. The van der Waals surface area contributed by atoms with Crippen molar-refractivity contribution < 1.29 is 28.5 Å². The Morgan fingerprint density at radius 2 is 1.27 bits per heavy atom. The highest BCUT2D eigenvalue weighted by Crippen LogP contribution is 2.47. The van der Waals surface area contributed by atoms with E-state index in [9.17, 15) is 9.59 Å². The quantitative estimate of drug-likeness (QED) is 0.316. The zero-order valence-electron chi connectivity index (χ0n) is 23.0. The Kier molecular flexibility index (Phi) is 7.87. The number of methoxy groups -OCH3 is 2. The van der Waals surface area contributed by atoms with Crippen molar-refractivity contribution in [1.82, 2.24) is 0 Å². The Morgan fingerprint density at radius 1 is 0.700 bits per heavy atom. The third-order valence-corrected chi connectivity index (χ3v) is 7.66. The summed E-state index contributed by atoms with van der Waals surface area (Å²) in [4.78, 5) is 27.0. The second-order valence-electron chi connectivity index (χ2n) is 9.94. The molecule has 40 heavy (non-hydrogen) atoms. The maximum absolute atomic E-state index is 13.5. The molecule has 0 aromatic heterocycles. The van der Waals surface area contributed by atoms with Crippen molar-refractivity contribution >= 4 is 11.9 Å². The minimum atomic E-state index is -0.802. The van der Waals surface area contributed by atoms with Crippen molar-refractivity contribution in [1.29, 1.82) is 0 Å². The van der Waals surface area contributed by atoms with Gasteiger partial charge in [-0.1, -0.05) is 48.6 Å². The molecule has 3 unspecified atom stereocenters. The predicted octanol–water partition coefficient (Wildman–Crippen LogP) is 6.62. The molecule has 0 fully saturated rings. The SMILES string of the molecule is COc1ccc(C(=O)OC2C(C)=C3C=CC=CC3[C@H](c3ccccc3C)C2OC(=O)c2ccc(OC)cc2)cc1. The summed E-state index contributed by atoms with van der Waals surface area (Å²) in [5.41, 5.74) is 4.78. The zero-order valence-corrected chi connectivity index (χ0v) is 23.0. The van der Waals surface area contributed by atoms with Crippen LogP contribution in [-0.4, -0.2) is 38.4 Å². The summed E-state index contributed by atoms with van der Waals surface area (Å²) < 4.78 is 23.0. The number of ether oxygens (including phenoxy) is 4. The Hall–Kier alpha value is -4.58.